The Morgan fingerprint density at radius 2 is 1.90 bits per heavy atom. The zero-order chi connectivity index (χ0) is 14.8. The van der Waals surface area contributed by atoms with Crippen LogP contribution in [0.2, 0.25) is 10.0 Å². The Bertz CT molecular complexity index is 615. The first-order valence-electron chi connectivity index (χ1n) is 7.00. The summed E-state index contributed by atoms with van der Waals surface area (Å²) in [4.78, 5) is 0. The molecule has 0 spiro atoms. The molecule has 5 heteroatoms. The molecule has 2 aromatic rings. The van der Waals surface area contributed by atoms with Gasteiger partial charge in [0.25, 0.3) is 0 Å². The molecule has 1 aromatic heterocycles. The molecule has 0 atom stereocenters. The lowest BCUT2D eigenvalue weighted by atomic mass is 10.2. The van der Waals surface area contributed by atoms with Crippen molar-refractivity contribution in [3.8, 4) is 5.75 Å². The summed E-state index contributed by atoms with van der Waals surface area (Å²) in [6, 6.07) is 7.89. The van der Waals surface area contributed by atoms with Crippen molar-refractivity contribution in [1.29, 1.82) is 0 Å². The van der Waals surface area contributed by atoms with Gasteiger partial charge in [-0.1, -0.05) is 23.2 Å². The Labute approximate surface area is 134 Å². The normalized spacial score (nSPS) is 14.4. The molecule has 0 unspecified atom stereocenters. The Balaban J connectivity index is 1.61. The molecule has 1 fully saturated rings. The highest BCUT2D eigenvalue weighted by molar-refractivity contribution is 6.34. The second kappa shape index (κ2) is 6.30. The van der Waals surface area contributed by atoms with E-state index in [2.05, 4.69) is 5.32 Å². The van der Waals surface area contributed by atoms with Gasteiger partial charge in [-0.25, -0.2) is 0 Å². The lowest BCUT2D eigenvalue weighted by Gasteiger charge is -2.06. The van der Waals surface area contributed by atoms with E-state index in [0.29, 0.717) is 28.4 Å². The summed E-state index contributed by atoms with van der Waals surface area (Å²) in [5, 5.41) is 4.56. The third-order valence-electron chi connectivity index (χ3n) is 3.44. The van der Waals surface area contributed by atoms with Crippen LogP contribution in [0.5, 0.6) is 5.75 Å². The van der Waals surface area contributed by atoms with Gasteiger partial charge >= 0.3 is 0 Å². The first-order valence-corrected chi connectivity index (χ1v) is 7.76. The van der Waals surface area contributed by atoms with Crippen LogP contribution < -0.4 is 10.1 Å². The van der Waals surface area contributed by atoms with Gasteiger partial charge < -0.3 is 14.5 Å². The maximum absolute atomic E-state index is 5.95. The topological polar surface area (TPSA) is 34.4 Å². The maximum atomic E-state index is 5.95. The molecule has 0 saturated heterocycles. The van der Waals surface area contributed by atoms with Crippen molar-refractivity contribution in [2.24, 2.45) is 0 Å². The molecule has 1 heterocycles. The first-order chi connectivity index (χ1) is 10.1. The fraction of sp³-hybridized carbons (Fsp3) is 0.375. The molecular weight excluding hydrogens is 309 g/mol. The average molecular weight is 326 g/mol. The van der Waals surface area contributed by atoms with Crippen LogP contribution in [-0.2, 0) is 13.2 Å². The molecule has 21 heavy (non-hydrogen) atoms. The van der Waals surface area contributed by atoms with E-state index in [0.717, 1.165) is 23.6 Å². The van der Waals surface area contributed by atoms with E-state index in [9.17, 15) is 0 Å². The number of nitrogens with one attached hydrogen (secondary N) is 1. The zero-order valence-corrected chi connectivity index (χ0v) is 13.3. The molecule has 1 N–H and O–H groups in total. The van der Waals surface area contributed by atoms with Crippen molar-refractivity contribution in [1.82, 2.24) is 5.32 Å². The van der Waals surface area contributed by atoms with E-state index < -0.39 is 0 Å². The van der Waals surface area contributed by atoms with E-state index in [1.165, 1.54) is 12.8 Å². The SMILES string of the molecule is Cc1oc(CNC2CC2)cc1COc1cc(Cl)cc(Cl)c1. The zero-order valence-electron chi connectivity index (χ0n) is 11.8. The minimum Gasteiger partial charge on any atom is -0.489 e. The van der Waals surface area contributed by atoms with Crippen molar-refractivity contribution in [2.45, 2.75) is 39.0 Å². The lowest BCUT2D eigenvalue weighted by Crippen LogP contribution is -2.14. The van der Waals surface area contributed by atoms with E-state index >= 15 is 0 Å². The highest BCUT2D eigenvalue weighted by Crippen LogP contribution is 2.26. The number of ether oxygens (including phenoxy) is 1. The van der Waals surface area contributed by atoms with Crippen LogP contribution in [0, 0.1) is 6.92 Å². The van der Waals surface area contributed by atoms with Gasteiger partial charge in [0.1, 0.15) is 23.9 Å². The smallest absolute Gasteiger partial charge is 0.122 e. The Morgan fingerprint density at radius 3 is 2.57 bits per heavy atom. The fourth-order valence-corrected chi connectivity index (χ4v) is 2.63. The van der Waals surface area contributed by atoms with E-state index in [4.69, 9.17) is 32.4 Å². The highest BCUT2D eigenvalue weighted by atomic mass is 35.5. The standard InChI is InChI=1S/C16H17Cl2NO2/c1-10-11(4-16(21-10)8-19-14-2-3-14)9-20-15-6-12(17)5-13(18)7-15/h4-7,14,19H,2-3,8-9H2,1H3. The summed E-state index contributed by atoms with van der Waals surface area (Å²) in [5.41, 5.74) is 1.04. The van der Waals surface area contributed by atoms with Crippen molar-refractivity contribution < 1.29 is 9.15 Å². The number of furan rings is 1. The van der Waals surface area contributed by atoms with E-state index in [1.807, 2.05) is 13.0 Å². The van der Waals surface area contributed by atoms with Gasteiger partial charge in [0, 0.05) is 21.7 Å². The summed E-state index contributed by atoms with van der Waals surface area (Å²) in [7, 11) is 0. The van der Waals surface area contributed by atoms with Crippen LogP contribution in [0.4, 0.5) is 0 Å². The maximum Gasteiger partial charge on any atom is 0.122 e. The molecule has 0 aliphatic heterocycles. The summed E-state index contributed by atoms with van der Waals surface area (Å²) in [5.74, 6) is 2.49. The van der Waals surface area contributed by atoms with Crippen molar-refractivity contribution in [3.05, 3.63) is 51.4 Å². The van der Waals surface area contributed by atoms with Crippen LogP contribution in [0.1, 0.15) is 29.9 Å². The molecule has 3 nitrogen and oxygen atoms in total. The summed E-state index contributed by atoms with van der Waals surface area (Å²) < 4.78 is 11.5. The monoisotopic (exact) mass is 325 g/mol. The number of aryl methyl sites for hydroxylation is 1. The van der Waals surface area contributed by atoms with Gasteiger partial charge in [0.15, 0.2) is 0 Å². The molecule has 0 amide bonds. The van der Waals surface area contributed by atoms with Gasteiger partial charge in [0.2, 0.25) is 0 Å². The number of halogens is 2. The molecule has 112 valence electrons. The van der Waals surface area contributed by atoms with Gasteiger partial charge in [-0.05, 0) is 44.0 Å². The van der Waals surface area contributed by atoms with Gasteiger partial charge in [-0.2, -0.15) is 0 Å². The largest absolute Gasteiger partial charge is 0.489 e. The van der Waals surface area contributed by atoms with E-state index in [-0.39, 0.29) is 0 Å². The minimum atomic E-state index is 0.440. The third-order valence-corrected chi connectivity index (χ3v) is 3.88. The van der Waals surface area contributed by atoms with Gasteiger partial charge in [0.05, 0.1) is 6.54 Å². The second-order valence-corrected chi connectivity index (χ2v) is 6.22. The van der Waals surface area contributed by atoms with Crippen LogP contribution in [0.3, 0.4) is 0 Å². The minimum absolute atomic E-state index is 0.440. The molecule has 0 radical (unpaired) electrons. The lowest BCUT2D eigenvalue weighted by molar-refractivity contribution is 0.303. The van der Waals surface area contributed by atoms with Crippen molar-refractivity contribution in [3.63, 3.8) is 0 Å². The Kier molecular flexibility index (Phi) is 4.43. The summed E-state index contributed by atoms with van der Waals surface area (Å²) in [6.45, 7) is 3.16. The summed E-state index contributed by atoms with van der Waals surface area (Å²) >= 11 is 11.9. The number of rotatable bonds is 6. The molecule has 1 aliphatic carbocycles. The molecule has 0 bridgehead atoms. The van der Waals surface area contributed by atoms with Crippen LogP contribution in [0.25, 0.3) is 0 Å². The molecule has 1 aromatic carbocycles. The van der Waals surface area contributed by atoms with Crippen LogP contribution in [-0.4, -0.2) is 6.04 Å². The first kappa shape index (κ1) is 14.8. The Morgan fingerprint density at radius 1 is 1.19 bits per heavy atom. The number of hydrogen-bond acceptors (Lipinski definition) is 3. The van der Waals surface area contributed by atoms with Crippen LogP contribution >= 0.6 is 23.2 Å². The predicted molar refractivity (Wildman–Crippen MR) is 84.1 cm³/mol. The van der Waals surface area contributed by atoms with E-state index in [1.54, 1.807) is 18.2 Å². The van der Waals surface area contributed by atoms with Crippen molar-refractivity contribution in [2.75, 3.05) is 0 Å². The molecule has 1 saturated carbocycles. The Hall–Kier alpha value is -1.16. The quantitative estimate of drug-likeness (QED) is 0.834. The predicted octanol–water partition coefficient (Wildman–Crippen LogP) is 4.73. The van der Waals surface area contributed by atoms with Gasteiger partial charge in [-0.15, -0.1) is 0 Å². The number of benzene rings is 1. The summed E-state index contributed by atoms with van der Waals surface area (Å²) in [6.07, 6.45) is 2.54. The highest BCUT2D eigenvalue weighted by Gasteiger charge is 2.20. The fourth-order valence-electron chi connectivity index (χ4n) is 2.12. The van der Waals surface area contributed by atoms with Crippen molar-refractivity contribution >= 4 is 23.2 Å². The average Bonchev–Trinajstić information content (AvgIpc) is 3.17. The van der Waals surface area contributed by atoms with Crippen LogP contribution in [0.15, 0.2) is 28.7 Å². The molecular formula is C16H17Cl2NO2. The molecule has 3 rings (SSSR count). The third kappa shape index (κ3) is 4.16. The van der Waals surface area contributed by atoms with Gasteiger partial charge in [-0.3, -0.25) is 0 Å². The number of hydrogen-bond donors (Lipinski definition) is 1. The second-order valence-electron chi connectivity index (χ2n) is 5.34. The molecule has 1 aliphatic rings.